The fourth-order valence-electron chi connectivity index (χ4n) is 4.74. The molecular formula is C26H32ClN5O6S2. The number of ether oxygens (including phenoxy) is 1. The predicted octanol–water partition coefficient (Wildman–Crippen LogP) is 3.10. The standard InChI is InChI=1S/C26H32ClN5O6S2/c1-38-20-7-2-5-18(15-20)29-26(35)28-16-19-6-3-13-32(19)24(33)17-31-12-4-8-22(25(31)34)30-40(36,37)14-11-21-9-10-23(27)39-21/h2,5,7,9-11,14-15,19,22,30H,3-4,6,8,12-13,16-17H2,1H3,(H2,28,29,35)/b14-11+/t19-,22-/m0/s1. The molecule has 0 unspecified atom stereocenters. The summed E-state index contributed by atoms with van der Waals surface area (Å²) in [6.45, 7) is 1.01. The minimum Gasteiger partial charge on any atom is -0.497 e. The van der Waals surface area contributed by atoms with E-state index in [1.165, 1.54) is 22.3 Å². The summed E-state index contributed by atoms with van der Waals surface area (Å²) < 4.78 is 33.3. The van der Waals surface area contributed by atoms with Crippen LogP contribution in [0.15, 0.2) is 41.8 Å². The fourth-order valence-corrected chi connectivity index (χ4v) is 6.81. The van der Waals surface area contributed by atoms with Crippen LogP contribution in [-0.2, 0) is 19.6 Å². The quantitative estimate of drug-likeness (QED) is 0.379. The third kappa shape index (κ3) is 8.19. The summed E-state index contributed by atoms with van der Waals surface area (Å²) in [6.07, 6.45) is 3.84. The van der Waals surface area contributed by atoms with Crippen LogP contribution in [-0.4, -0.2) is 81.4 Å². The Morgan fingerprint density at radius 3 is 2.73 bits per heavy atom. The van der Waals surface area contributed by atoms with E-state index in [0.29, 0.717) is 46.6 Å². The average molecular weight is 610 g/mol. The average Bonchev–Trinajstić information content (AvgIpc) is 3.57. The second-order valence-electron chi connectivity index (χ2n) is 9.51. The lowest BCUT2D eigenvalue weighted by molar-refractivity contribution is -0.143. The Kier molecular flexibility index (Phi) is 10.1. The van der Waals surface area contributed by atoms with Crippen LogP contribution in [0, 0.1) is 0 Å². The van der Waals surface area contributed by atoms with Crippen molar-refractivity contribution in [3.63, 3.8) is 0 Å². The Labute approximate surface area is 242 Å². The summed E-state index contributed by atoms with van der Waals surface area (Å²) in [7, 11) is -2.34. The van der Waals surface area contributed by atoms with Gasteiger partial charge in [0.2, 0.25) is 21.8 Å². The van der Waals surface area contributed by atoms with Gasteiger partial charge in [-0.25, -0.2) is 13.2 Å². The van der Waals surface area contributed by atoms with Crippen molar-refractivity contribution < 1.29 is 27.5 Å². The third-order valence-electron chi connectivity index (χ3n) is 6.69. The second kappa shape index (κ2) is 13.5. The lowest BCUT2D eigenvalue weighted by Crippen LogP contribution is -2.55. The lowest BCUT2D eigenvalue weighted by Gasteiger charge is -2.34. The van der Waals surface area contributed by atoms with Crippen LogP contribution in [0.3, 0.4) is 0 Å². The van der Waals surface area contributed by atoms with E-state index in [1.54, 1.807) is 48.4 Å². The maximum Gasteiger partial charge on any atom is 0.319 e. The van der Waals surface area contributed by atoms with Crippen LogP contribution in [0.25, 0.3) is 6.08 Å². The van der Waals surface area contributed by atoms with E-state index in [0.717, 1.165) is 18.2 Å². The molecular weight excluding hydrogens is 578 g/mol. The number of benzene rings is 1. The molecule has 2 aromatic rings. The number of halogens is 1. The smallest absolute Gasteiger partial charge is 0.319 e. The molecule has 2 aliphatic rings. The van der Waals surface area contributed by atoms with E-state index in [2.05, 4.69) is 15.4 Å². The number of hydrogen-bond acceptors (Lipinski definition) is 7. The SMILES string of the molecule is COc1cccc(NC(=O)NC[C@@H]2CCCN2C(=O)CN2CCC[C@H](NS(=O)(=O)/C=C/c3ccc(Cl)s3)C2=O)c1. The first-order chi connectivity index (χ1) is 19.1. The third-order valence-corrected chi connectivity index (χ3v) is 9.00. The van der Waals surface area contributed by atoms with Crippen LogP contribution >= 0.6 is 22.9 Å². The highest BCUT2D eigenvalue weighted by atomic mass is 35.5. The number of amides is 4. The van der Waals surface area contributed by atoms with Gasteiger partial charge < -0.3 is 25.2 Å². The molecule has 0 spiro atoms. The zero-order valence-corrected chi connectivity index (χ0v) is 24.4. The molecule has 40 heavy (non-hydrogen) atoms. The van der Waals surface area contributed by atoms with E-state index >= 15 is 0 Å². The molecule has 3 heterocycles. The molecule has 2 fully saturated rings. The first-order valence-corrected chi connectivity index (χ1v) is 15.6. The van der Waals surface area contributed by atoms with Gasteiger partial charge in [0.25, 0.3) is 0 Å². The molecule has 4 rings (SSSR count). The van der Waals surface area contributed by atoms with Crippen molar-refractivity contribution in [2.24, 2.45) is 0 Å². The Hall–Kier alpha value is -3.13. The van der Waals surface area contributed by atoms with Crippen molar-refractivity contribution in [2.75, 3.05) is 38.6 Å². The molecule has 0 saturated carbocycles. The van der Waals surface area contributed by atoms with Gasteiger partial charge >= 0.3 is 6.03 Å². The summed E-state index contributed by atoms with van der Waals surface area (Å²) in [5, 5.41) is 6.57. The van der Waals surface area contributed by atoms with E-state index in [4.69, 9.17) is 16.3 Å². The van der Waals surface area contributed by atoms with Crippen molar-refractivity contribution in [1.29, 1.82) is 0 Å². The first kappa shape index (κ1) is 29.8. The van der Waals surface area contributed by atoms with Crippen LogP contribution in [0.1, 0.15) is 30.6 Å². The van der Waals surface area contributed by atoms with Gasteiger partial charge in [0.05, 0.1) is 18.0 Å². The van der Waals surface area contributed by atoms with Crippen molar-refractivity contribution in [1.82, 2.24) is 19.8 Å². The second-order valence-corrected chi connectivity index (χ2v) is 12.9. The molecule has 2 aliphatic heterocycles. The van der Waals surface area contributed by atoms with Crippen molar-refractivity contribution in [3.8, 4) is 5.75 Å². The molecule has 2 atom stereocenters. The number of urea groups is 1. The number of carbonyl (C=O) groups is 3. The van der Waals surface area contributed by atoms with Gasteiger partial charge in [-0.05, 0) is 56.0 Å². The zero-order valence-electron chi connectivity index (χ0n) is 22.0. The first-order valence-electron chi connectivity index (χ1n) is 12.9. The van der Waals surface area contributed by atoms with Gasteiger partial charge in [-0.15, -0.1) is 11.3 Å². The van der Waals surface area contributed by atoms with Crippen LogP contribution < -0.4 is 20.1 Å². The number of nitrogens with zero attached hydrogens (tertiary/aromatic N) is 2. The number of nitrogens with one attached hydrogen (secondary N) is 3. The molecule has 1 aromatic carbocycles. The van der Waals surface area contributed by atoms with E-state index < -0.39 is 28.0 Å². The summed E-state index contributed by atoms with van der Waals surface area (Å²) in [4.78, 5) is 42.4. The maximum absolute atomic E-state index is 13.2. The van der Waals surface area contributed by atoms with Crippen molar-refractivity contribution >= 4 is 62.6 Å². The largest absolute Gasteiger partial charge is 0.497 e. The number of sulfonamides is 1. The number of piperidine rings is 1. The molecule has 4 amide bonds. The highest BCUT2D eigenvalue weighted by Crippen LogP contribution is 2.23. The van der Waals surface area contributed by atoms with Gasteiger partial charge in [0, 0.05) is 47.7 Å². The lowest BCUT2D eigenvalue weighted by atomic mass is 10.1. The van der Waals surface area contributed by atoms with Gasteiger partial charge in [0.15, 0.2) is 0 Å². The number of rotatable bonds is 10. The molecule has 1 aromatic heterocycles. The van der Waals surface area contributed by atoms with Gasteiger partial charge in [-0.3, -0.25) is 9.59 Å². The molecule has 14 heteroatoms. The van der Waals surface area contributed by atoms with Crippen LogP contribution in [0.5, 0.6) is 5.75 Å². The molecule has 2 saturated heterocycles. The number of likely N-dealkylation sites (tertiary alicyclic amines) is 2. The minimum atomic E-state index is -3.88. The number of carbonyl (C=O) groups excluding carboxylic acids is 3. The summed E-state index contributed by atoms with van der Waals surface area (Å²) in [6, 6.07) is 8.81. The normalized spacial score (nSPS) is 19.7. The topological polar surface area (TPSA) is 137 Å². The monoisotopic (exact) mass is 609 g/mol. The molecule has 0 radical (unpaired) electrons. The van der Waals surface area contributed by atoms with Crippen LogP contribution in [0.2, 0.25) is 4.34 Å². The Morgan fingerprint density at radius 2 is 1.98 bits per heavy atom. The summed E-state index contributed by atoms with van der Waals surface area (Å²) in [5.41, 5.74) is 0.580. The van der Waals surface area contributed by atoms with Crippen molar-refractivity contribution in [3.05, 3.63) is 51.0 Å². The molecule has 3 N–H and O–H groups in total. The van der Waals surface area contributed by atoms with Crippen molar-refractivity contribution in [2.45, 2.75) is 37.8 Å². The Morgan fingerprint density at radius 1 is 1.18 bits per heavy atom. The number of anilines is 1. The zero-order chi connectivity index (χ0) is 28.7. The van der Waals surface area contributed by atoms with E-state index in [9.17, 15) is 22.8 Å². The van der Waals surface area contributed by atoms with E-state index in [-0.39, 0.29) is 25.0 Å². The predicted molar refractivity (Wildman–Crippen MR) is 155 cm³/mol. The molecule has 0 bridgehead atoms. The van der Waals surface area contributed by atoms with Gasteiger partial charge in [0.1, 0.15) is 11.8 Å². The minimum absolute atomic E-state index is 0.146. The highest BCUT2D eigenvalue weighted by molar-refractivity contribution is 7.92. The number of hydrogen-bond donors (Lipinski definition) is 3. The number of thiophene rings is 1. The maximum atomic E-state index is 13.2. The Bertz CT molecular complexity index is 1360. The highest BCUT2D eigenvalue weighted by Gasteiger charge is 2.35. The number of methoxy groups -OCH3 is 1. The molecule has 216 valence electrons. The Balaban J connectivity index is 1.28. The van der Waals surface area contributed by atoms with Gasteiger partial charge in [-0.2, -0.15) is 4.72 Å². The van der Waals surface area contributed by atoms with Gasteiger partial charge in [-0.1, -0.05) is 17.7 Å². The summed E-state index contributed by atoms with van der Waals surface area (Å²) >= 11 is 7.12. The molecule has 11 nitrogen and oxygen atoms in total. The fraction of sp³-hybridized carbons (Fsp3) is 0.423. The van der Waals surface area contributed by atoms with E-state index in [1.807, 2.05) is 0 Å². The summed E-state index contributed by atoms with van der Waals surface area (Å²) in [5.74, 6) is -0.0426. The molecule has 0 aliphatic carbocycles. The van der Waals surface area contributed by atoms with Crippen LogP contribution in [0.4, 0.5) is 10.5 Å².